The minimum absolute atomic E-state index is 0.288. The summed E-state index contributed by atoms with van der Waals surface area (Å²) in [6, 6.07) is 12.7. The van der Waals surface area contributed by atoms with Crippen LogP contribution in [0.5, 0.6) is 5.75 Å². The lowest BCUT2D eigenvalue weighted by Gasteiger charge is -2.16. The zero-order chi connectivity index (χ0) is 17.8. The van der Waals surface area contributed by atoms with Crippen molar-refractivity contribution in [1.29, 1.82) is 0 Å². The van der Waals surface area contributed by atoms with Crippen molar-refractivity contribution in [2.24, 2.45) is 0 Å². The van der Waals surface area contributed by atoms with Gasteiger partial charge in [0, 0.05) is 5.02 Å². The zero-order valence-electron chi connectivity index (χ0n) is 13.8. The van der Waals surface area contributed by atoms with Crippen molar-refractivity contribution in [2.75, 3.05) is 5.32 Å². The topological polar surface area (TPSA) is 69.0 Å². The molecule has 7 heteroatoms. The number of nitrogens with one attached hydrogen (secondary N) is 1. The third-order valence-corrected chi connectivity index (χ3v) is 3.82. The van der Waals surface area contributed by atoms with Crippen LogP contribution in [-0.2, 0) is 4.79 Å². The molecule has 0 aliphatic rings. The van der Waals surface area contributed by atoms with E-state index in [-0.39, 0.29) is 5.91 Å². The van der Waals surface area contributed by atoms with Crippen LogP contribution in [0, 0.1) is 6.92 Å². The van der Waals surface area contributed by atoms with Crippen molar-refractivity contribution < 1.29 is 9.53 Å². The maximum absolute atomic E-state index is 12.5. The van der Waals surface area contributed by atoms with E-state index < -0.39 is 6.10 Å². The first-order chi connectivity index (χ1) is 12.0. The van der Waals surface area contributed by atoms with Crippen LogP contribution in [0.4, 0.5) is 5.69 Å². The average molecular weight is 357 g/mol. The van der Waals surface area contributed by atoms with Crippen LogP contribution in [0.3, 0.4) is 0 Å². The number of nitrogens with zero attached hydrogens (tertiary/aromatic N) is 3. The van der Waals surface area contributed by atoms with Crippen LogP contribution in [0.15, 0.2) is 55.1 Å². The Balaban J connectivity index is 1.76. The predicted octanol–water partition coefficient (Wildman–Crippen LogP) is 3.64. The third-order valence-electron chi connectivity index (χ3n) is 3.59. The molecule has 0 spiro atoms. The first kappa shape index (κ1) is 17.0. The van der Waals surface area contributed by atoms with Crippen LogP contribution in [0.2, 0.25) is 5.02 Å². The van der Waals surface area contributed by atoms with Crippen LogP contribution < -0.4 is 10.1 Å². The van der Waals surface area contributed by atoms with Gasteiger partial charge < -0.3 is 10.1 Å². The first-order valence-electron chi connectivity index (χ1n) is 7.71. The Hall–Kier alpha value is -2.86. The van der Waals surface area contributed by atoms with Gasteiger partial charge in [-0.15, -0.1) is 0 Å². The number of aryl methyl sites for hydroxylation is 1. The van der Waals surface area contributed by atoms with E-state index in [1.807, 2.05) is 31.2 Å². The van der Waals surface area contributed by atoms with Crippen LogP contribution >= 0.6 is 11.6 Å². The Kier molecular flexibility index (Phi) is 5.00. The zero-order valence-corrected chi connectivity index (χ0v) is 14.6. The number of carbonyl (C=O) groups excluding carboxylic acids is 1. The van der Waals surface area contributed by atoms with Gasteiger partial charge in [0.05, 0.1) is 11.4 Å². The highest BCUT2D eigenvalue weighted by atomic mass is 35.5. The van der Waals surface area contributed by atoms with Gasteiger partial charge in [-0.2, -0.15) is 5.10 Å². The summed E-state index contributed by atoms with van der Waals surface area (Å²) in [7, 11) is 0. The van der Waals surface area contributed by atoms with E-state index in [2.05, 4.69) is 15.4 Å². The van der Waals surface area contributed by atoms with E-state index in [0.29, 0.717) is 22.1 Å². The minimum Gasteiger partial charge on any atom is -0.481 e. The second kappa shape index (κ2) is 7.36. The number of rotatable bonds is 5. The summed E-state index contributed by atoms with van der Waals surface area (Å²) in [4.78, 5) is 16.4. The molecule has 1 heterocycles. The summed E-state index contributed by atoms with van der Waals surface area (Å²) >= 11 is 6.06. The lowest BCUT2D eigenvalue weighted by molar-refractivity contribution is -0.122. The third kappa shape index (κ3) is 4.16. The number of ether oxygens (including phenoxy) is 1. The van der Waals surface area contributed by atoms with Gasteiger partial charge in [-0.05, 0) is 44.2 Å². The summed E-state index contributed by atoms with van der Waals surface area (Å²) in [5.74, 6) is 0.347. The molecule has 0 fully saturated rings. The van der Waals surface area contributed by atoms with Crippen molar-refractivity contribution >= 4 is 23.2 Å². The normalized spacial score (nSPS) is 11.8. The van der Waals surface area contributed by atoms with E-state index in [4.69, 9.17) is 16.3 Å². The van der Waals surface area contributed by atoms with Gasteiger partial charge in [0.1, 0.15) is 18.4 Å². The fourth-order valence-corrected chi connectivity index (χ4v) is 2.42. The Morgan fingerprint density at radius 2 is 2.00 bits per heavy atom. The molecule has 0 aliphatic carbocycles. The monoisotopic (exact) mass is 356 g/mol. The highest BCUT2D eigenvalue weighted by molar-refractivity contribution is 6.31. The summed E-state index contributed by atoms with van der Waals surface area (Å²) < 4.78 is 7.24. The fraction of sp³-hybridized carbons (Fsp3) is 0.167. The van der Waals surface area contributed by atoms with Gasteiger partial charge in [-0.1, -0.05) is 29.3 Å². The van der Waals surface area contributed by atoms with Crippen molar-refractivity contribution in [2.45, 2.75) is 20.0 Å². The molecule has 128 valence electrons. The smallest absolute Gasteiger partial charge is 0.265 e. The molecule has 0 bridgehead atoms. The van der Waals surface area contributed by atoms with E-state index >= 15 is 0 Å². The van der Waals surface area contributed by atoms with Crippen LogP contribution in [-0.4, -0.2) is 26.8 Å². The minimum atomic E-state index is -0.676. The van der Waals surface area contributed by atoms with Crippen LogP contribution in [0.25, 0.3) is 5.69 Å². The summed E-state index contributed by atoms with van der Waals surface area (Å²) in [6.07, 6.45) is 2.29. The predicted molar refractivity (Wildman–Crippen MR) is 96.3 cm³/mol. The lowest BCUT2D eigenvalue weighted by Crippen LogP contribution is -2.30. The number of hydrogen-bond donors (Lipinski definition) is 1. The van der Waals surface area contributed by atoms with Crippen molar-refractivity contribution in [1.82, 2.24) is 14.8 Å². The molecule has 0 aliphatic heterocycles. The first-order valence-corrected chi connectivity index (χ1v) is 8.09. The van der Waals surface area contributed by atoms with E-state index in [0.717, 1.165) is 5.56 Å². The van der Waals surface area contributed by atoms with Crippen molar-refractivity contribution in [3.05, 3.63) is 65.7 Å². The molecule has 1 amide bonds. The maximum Gasteiger partial charge on any atom is 0.265 e. The van der Waals surface area contributed by atoms with Gasteiger partial charge in [-0.3, -0.25) is 4.79 Å². The fourth-order valence-electron chi connectivity index (χ4n) is 2.25. The van der Waals surface area contributed by atoms with E-state index in [1.165, 1.54) is 6.33 Å². The quantitative estimate of drug-likeness (QED) is 0.757. The van der Waals surface area contributed by atoms with Crippen LogP contribution in [0.1, 0.15) is 12.5 Å². The van der Waals surface area contributed by atoms with Gasteiger partial charge in [0.2, 0.25) is 0 Å². The summed E-state index contributed by atoms with van der Waals surface area (Å²) in [6.45, 7) is 3.68. The maximum atomic E-state index is 12.5. The van der Waals surface area contributed by atoms with E-state index in [9.17, 15) is 4.79 Å². The molecule has 25 heavy (non-hydrogen) atoms. The largest absolute Gasteiger partial charge is 0.481 e. The number of anilines is 1. The Morgan fingerprint density at radius 1 is 1.24 bits per heavy atom. The van der Waals surface area contributed by atoms with Gasteiger partial charge in [-0.25, -0.2) is 9.67 Å². The SMILES string of the molecule is Cc1ccc(OC(C)C(=O)Nc2cc(Cl)ccc2-n2cncn2)cc1. The number of benzene rings is 2. The summed E-state index contributed by atoms with van der Waals surface area (Å²) in [5.41, 5.74) is 2.32. The number of carbonyl (C=O) groups is 1. The molecular formula is C18H17ClN4O2. The molecule has 0 radical (unpaired) electrons. The molecule has 1 atom stereocenters. The number of hydrogen-bond acceptors (Lipinski definition) is 4. The molecule has 3 rings (SSSR count). The summed E-state index contributed by atoms with van der Waals surface area (Å²) in [5, 5.41) is 7.42. The second-order valence-electron chi connectivity index (χ2n) is 5.56. The number of amides is 1. The molecular weight excluding hydrogens is 340 g/mol. The Bertz CT molecular complexity index is 863. The molecule has 1 unspecified atom stereocenters. The number of halogens is 1. The lowest BCUT2D eigenvalue weighted by atomic mass is 10.2. The molecule has 0 saturated carbocycles. The van der Waals surface area contributed by atoms with Crippen molar-refractivity contribution in [3.63, 3.8) is 0 Å². The second-order valence-corrected chi connectivity index (χ2v) is 6.00. The standard InChI is InChI=1S/C18H17ClN4O2/c1-12-3-6-15(7-4-12)25-13(2)18(24)22-16-9-14(19)5-8-17(16)23-11-20-10-21-23/h3-11,13H,1-2H3,(H,22,24). The molecule has 1 aromatic heterocycles. The Labute approximate surface area is 150 Å². The van der Waals surface area contributed by atoms with E-state index in [1.54, 1.807) is 36.1 Å². The highest BCUT2D eigenvalue weighted by Crippen LogP contribution is 2.24. The van der Waals surface area contributed by atoms with Gasteiger partial charge in [0.25, 0.3) is 5.91 Å². The molecule has 0 saturated heterocycles. The highest BCUT2D eigenvalue weighted by Gasteiger charge is 2.17. The number of aromatic nitrogens is 3. The van der Waals surface area contributed by atoms with Gasteiger partial charge >= 0.3 is 0 Å². The Morgan fingerprint density at radius 3 is 2.68 bits per heavy atom. The average Bonchev–Trinajstić information content (AvgIpc) is 3.11. The molecule has 3 aromatic rings. The molecule has 6 nitrogen and oxygen atoms in total. The van der Waals surface area contributed by atoms with Gasteiger partial charge in [0.15, 0.2) is 6.10 Å². The molecule has 2 aromatic carbocycles. The van der Waals surface area contributed by atoms with Crippen molar-refractivity contribution in [3.8, 4) is 11.4 Å². The molecule has 1 N–H and O–H groups in total.